The summed E-state index contributed by atoms with van der Waals surface area (Å²) in [6.45, 7) is 0.371. The monoisotopic (exact) mass is 426 g/mol. The van der Waals surface area contributed by atoms with Gasteiger partial charge in [0.05, 0.1) is 28.8 Å². The van der Waals surface area contributed by atoms with E-state index in [9.17, 15) is 4.79 Å². The second-order valence-corrected chi connectivity index (χ2v) is 8.93. The molecule has 2 aromatic carbocycles. The molecular formula is C21H18N2O2S3. The van der Waals surface area contributed by atoms with E-state index in [1.54, 1.807) is 22.9 Å². The average molecular weight is 427 g/mol. The van der Waals surface area contributed by atoms with Crippen LogP contribution in [0.1, 0.15) is 5.76 Å². The summed E-state index contributed by atoms with van der Waals surface area (Å²) in [6, 6.07) is 19.8. The Bertz CT molecular complexity index is 1060. The maximum Gasteiger partial charge on any atom is 0.239 e. The maximum absolute atomic E-state index is 13.1. The van der Waals surface area contributed by atoms with Gasteiger partial charge in [0.1, 0.15) is 5.76 Å². The van der Waals surface area contributed by atoms with Gasteiger partial charge in [-0.3, -0.25) is 9.69 Å². The van der Waals surface area contributed by atoms with Crippen molar-refractivity contribution in [3.05, 3.63) is 72.7 Å². The lowest BCUT2D eigenvalue weighted by Gasteiger charge is -2.18. The first-order valence-corrected chi connectivity index (χ1v) is 11.7. The van der Waals surface area contributed by atoms with Crippen LogP contribution >= 0.6 is 34.9 Å². The van der Waals surface area contributed by atoms with Crippen LogP contribution in [-0.2, 0) is 11.3 Å². The van der Waals surface area contributed by atoms with E-state index >= 15 is 0 Å². The van der Waals surface area contributed by atoms with Crippen LogP contribution in [0.4, 0.5) is 5.13 Å². The predicted molar refractivity (Wildman–Crippen MR) is 118 cm³/mol. The topological polar surface area (TPSA) is 46.3 Å². The molecule has 0 bridgehead atoms. The van der Waals surface area contributed by atoms with Crippen LogP contribution in [0, 0.1) is 0 Å². The number of aromatic nitrogens is 1. The molecule has 0 aliphatic rings. The van der Waals surface area contributed by atoms with Gasteiger partial charge in [-0.15, -0.1) is 23.5 Å². The smallest absolute Gasteiger partial charge is 0.239 e. The highest BCUT2D eigenvalue weighted by Crippen LogP contribution is 2.33. The molecule has 0 saturated carbocycles. The summed E-state index contributed by atoms with van der Waals surface area (Å²) in [5, 5.41) is 0.698. The minimum absolute atomic E-state index is 0.00870. The van der Waals surface area contributed by atoms with Crippen molar-refractivity contribution in [3.8, 4) is 0 Å². The highest BCUT2D eigenvalue weighted by Gasteiger charge is 2.21. The number of benzene rings is 2. The Morgan fingerprint density at radius 2 is 1.96 bits per heavy atom. The normalized spacial score (nSPS) is 11.0. The second kappa shape index (κ2) is 8.86. The number of hydrogen-bond donors (Lipinski definition) is 0. The molecule has 2 aromatic heterocycles. The van der Waals surface area contributed by atoms with E-state index in [4.69, 9.17) is 9.40 Å². The number of carbonyl (C=O) groups is 1. The van der Waals surface area contributed by atoms with Crippen molar-refractivity contribution in [2.45, 2.75) is 16.3 Å². The maximum atomic E-state index is 13.1. The fourth-order valence-electron chi connectivity index (χ4n) is 2.70. The van der Waals surface area contributed by atoms with Crippen molar-refractivity contribution in [1.82, 2.24) is 4.98 Å². The molecular weight excluding hydrogens is 408 g/mol. The number of fused-ring (bicyclic) bond motifs is 1. The van der Waals surface area contributed by atoms with Gasteiger partial charge in [-0.2, -0.15) is 0 Å². The first-order chi connectivity index (χ1) is 13.7. The van der Waals surface area contributed by atoms with E-state index in [2.05, 4.69) is 18.4 Å². The Balaban J connectivity index is 1.60. The van der Waals surface area contributed by atoms with Crippen LogP contribution in [0.5, 0.6) is 0 Å². The minimum Gasteiger partial charge on any atom is -0.467 e. The summed E-state index contributed by atoms with van der Waals surface area (Å²) >= 11 is 4.76. The number of carbonyl (C=O) groups excluding carboxylic acids is 1. The molecule has 4 nitrogen and oxygen atoms in total. The summed E-state index contributed by atoms with van der Waals surface area (Å²) in [5.74, 6) is 1.09. The molecule has 0 aliphatic heterocycles. The Kier molecular flexibility index (Phi) is 6.04. The third-order valence-electron chi connectivity index (χ3n) is 4.12. The fourth-order valence-corrected chi connectivity index (χ4v) is 5.03. The highest BCUT2D eigenvalue weighted by molar-refractivity contribution is 8.00. The lowest BCUT2D eigenvalue weighted by molar-refractivity contribution is -0.116. The van der Waals surface area contributed by atoms with E-state index in [0.29, 0.717) is 17.4 Å². The van der Waals surface area contributed by atoms with E-state index in [1.807, 2.05) is 48.5 Å². The van der Waals surface area contributed by atoms with Crippen molar-refractivity contribution >= 4 is 56.1 Å². The molecule has 0 spiro atoms. The molecule has 0 aliphatic carbocycles. The molecule has 2 heterocycles. The molecule has 0 fully saturated rings. The zero-order valence-electron chi connectivity index (χ0n) is 15.2. The Hall–Kier alpha value is -2.22. The highest BCUT2D eigenvalue weighted by atomic mass is 32.2. The van der Waals surface area contributed by atoms with Crippen molar-refractivity contribution in [2.75, 3.05) is 16.9 Å². The number of rotatable bonds is 7. The number of thiazole rings is 1. The molecule has 0 N–H and O–H groups in total. The van der Waals surface area contributed by atoms with Gasteiger partial charge >= 0.3 is 0 Å². The van der Waals surface area contributed by atoms with Crippen molar-refractivity contribution < 1.29 is 9.21 Å². The van der Waals surface area contributed by atoms with Gasteiger partial charge in [0.15, 0.2) is 5.13 Å². The summed E-state index contributed by atoms with van der Waals surface area (Å²) in [7, 11) is 0. The van der Waals surface area contributed by atoms with Gasteiger partial charge < -0.3 is 4.42 Å². The standard InChI is InChI=1S/C21H18N2O2S3/c1-26-17-9-10-18-19(12-17)28-21(22-18)23(13-15-6-5-11-25-15)20(24)14-27-16-7-3-2-4-8-16/h2-12H,13-14H2,1H3. The number of hydrogen-bond acceptors (Lipinski definition) is 6. The van der Waals surface area contributed by atoms with E-state index in [1.165, 1.54) is 28.0 Å². The van der Waals surface area contributed by atoms with Crippen LogP contribution in [0.3, 0.4) is 0 Å². The summed E-state index contributed by atoms with van der Waals surface area (Å²) in [6.07, 6.45) is 3.68. The zero-order chi connectivity index (χ0) is 19.3. The predicted octanol–water partition coefficient (Wildman–Crippen LogP) is 5.94. The fraction of sp³-hybridized carbons (Fsp3) is 0.143. The largest absolute Gasteiger partial charge is 0.467 e. The first-order valence-electron chi connectivity index (χ1n) is 8.68. The second-order valence-electron chi connectivity index (χ2n) is 5.99. The Labute approximate surface area is 176 Å². The quantitative estimate of drug-likeness (QED) is 0.342. The molecule has 4 rings (SSSR count). The molecule has 142 valence electrons. The van der Waals surface area contributed by atoms with Crippen LogP contribution < -0.4 is 4.90 Å². The molecule has 1 amide bonds. The summed E-state index contributed by atoms with van der Waals surface area (Å²) < 4.78 is 6.56. The molecule has 0 saturated heterocycles. The lowest BCUT2D eigenvalue weighted by atomic mass is 10.3. The molecule has 4 aromatic rings. The third kappa shape index (κ3) is 4.43. The summed E-state index contributed by atoms with van der Waals surface area (Å²) in [5.41, 5.74) is 0.908. The van der Waals surface area contributed by atoms with Crippen molar-refractivity contribution in [2.24, 2.45) is 0 Å². The molecule has 0 radical (unpaired) electrons. The zero-order valence-corrected chi connectivity index (χ0v) is 17.7. The van der Waals surface area contributed by atoms with Crippen LogP contribution in [-0.4, -0.2) is 22.9 Å². The van der Waals surface area contributed by atoms with Gasteiger partial charge in [-0.1, -0.05) is 29.5 Å². The van der Waals surface area contributed by atoms with Crippen LogP contribution in [0.2, 0.25) is 0 Å². The van der Waals surface area contributed by atoms with Crippen LogP contribution in [0.25, 0.3) is 10.2 Å². The van der Waals surface area contributed by atoms with E-state index in [0.717, 1.165) is 20.9 Å². The van der Waals surface area contributed by atoms with Crippen molar-refractivity contribution in [3.63, 3.8) is 0 Å². The molecule has 0 atom stereocenters. The van der Waals surface area contributed by atoms with Gasteiger partial charge in [0.25, 0.3) is 0 Å². The van der Waals surface area contributed by atoms with Crippen LogP contribution in [0.15, 0.2) is 81.1 Å². The summed E-state index contributed by atoms with van der Waals surface area (Å²) in [4.78, 5) is 21.8. The Morgan fingerprint density at radius 1 is 1.11 bits per heavy atom. The van der Waals surface area contributed by atoms with Gasteiger partial charge in [-0.25, -0.2) is 4.98 Å². The molecule has 7 heteroatoms. The van der Waals surface area contributed by atoms with E-state index in [-0.39, 0.29) is 5.91 Å². The minimum atomic E-state index is 0.00870. The molecule has 0 unspecified atom stereocenters. The van der Waals surface area contributed by atoms with Gasteiger partial charge in [-0.05, 0) is 48.7 Å². The third-order valence-corrected chi connectivity index (χ3v) is 6.88. The SMILES string of the molecule is CSc1ccc2nc(N(Cc3ccco3)C(=O)CSc3ccccc3)sc2c1. The lowest BCUT2D eigenvalue weighted by Crippen LogP contribution is -2.31. The number of anilines is 1. The number of amides is 1. The van der Waals surface area contributed by atoms with Gasteiger partial charge in [0, 0.05) is 9.79 Å². The first kappa shape index (κ1) is 19.1. The van der Waals surface area contributed by atoms with Gasteiger partial charge in [0.2, 0.25) is 5.91 Å². The molecule has 28 heavy (non-hydrogen) atoms. The van der Waals surface area contributed by atoms with Crippen molar-refractivity contribution in [1.29, 1.82) is 0 Å². The number of thioether (sulfide) groups is 2. The van der Waals surface area contributed by atoms with E-state index < -0.39 is 0 Å². The average Bonchev–Trinajstić information content (AvgIpc) is 3.39. The number of nitrogens with zero attached hydrogens (tertiary/aromatic N) is 2. The number of furan rings is 1. The Morgan fingerprint density at radius 3 is 2.71 bits per heavy atom.